The lowest BCUT2D eigenvalue weighted by Crippen LogP contribution is -2.12. The normalized spacial score (nSPS) is 10.7. The number of hydrogen-bond donors (Lipinski definition) is 2. The van der Waals surface area contributed by atoms with Gasteiger partial charge in [-0.25, -0.2) is 4.68 Å². The van der Waals surface area contributed by atoms with Crippen molar-refractivity contribution in [1.29, 1.82) is 0 Å². The van der Waals surface area contributed by atoms with Crippen LogP contribution in [0.4, 0.5) is 11.4 Å². The summed E-state index contributed by atoms with van der Waals surface area (Å²) < 4.78 is 1.81. The van der Waals surface area contributed by atoms with Crippen molar-refractivity contribution < 1.29 is 9.59 Å². The van der Waals surface area contributed by atoms with Crippen molar-refractivity contribution in [2.45, 2.75) is 13.5 Å². The Morgan fingerprint density at radius 3 is 2.28 bits per heavy atom. The predicted molar refractivity (Wildman–Crippen MR) is 112 cm³/mol. The van der Waals surface area contributed by atoms with Gasteiger partial charge < -0.3 is 10.6 Å². The van der Waals surface area contributed by atoms with Gasteiger partial charge >= 0.3 is 0 Å². The van der Waals surface area contributed by atoms with Crippen LogP contribution in [-0.4, -0.2) is 26.8 Å². The molecule has 0 unspecified atom stereocenters. The molecule has 0 saturated heterocycles. The van der Waals surface area contributed by atoms with Crippen LogP contribution in [0.25, 0.3) is 11.0 Å². The van der Waals surface area contributed by atoms with Gasteiger partial charge in [0.15, 0.2) is 0 Å². The van der Waals surface area contributed by atoms with Gasteiger partial charge in [0, 0.05) is 23.9 Å². The van der Waals surface area contributed by atoms with Gasteiger partial charge in [-0.3, -0.25) is 9.59 Å². The van der Waals surface area contributed by atoms with Crippen molar-refractivity contribution in [2.75, 3.05) is 10.6 Å². The Hall–Kier alpha value is -4.00. The lowest BCUT2D eigenvalue weighted by Gasteiger charge is -2.07. The molecule has 0 radical (unpaired) electrons. The number of nitrogens with zero attached hydrogens (tertiary/aromatic N) is 3. The molecule has 0 aliphatic carbocycles. The van der Waals surface area contributed by atoms with Gasteiger partial charge in [0.2, 0.25) is 5.91 Å². The molecular formula is C22H19N5O2. The number of hydrogen-bond acceptors (Lipinski definition) is 4. The first-order valence-corrected chi connectivity index (χ1v) is 9.15. The first-order chi connectivity index (χ1) is 14.1. The van der Waals surface area contributed by atoms with Gasteiger partial charge in [0.25, 0.3) is 5.91 Å². The van der Waals surface area contributed by atoms with Gasteiger partial charge in [0.05, 0.1) is 12.1 Å². The van der Waals surface area contributed by atoms with E-state index in [4.69, 9.17) is 0 Å². The van der Waals surface area contributed by atoms with E-state index in [0.717, 1.165) is 11.1 Å². The number of fused-ring (bicyclic) bond motifs is 1. The molecule has 2 N–H and O–H groups in total. The van der Waals surface area contributed by atoms with E-state index in [1.165, 1.54) is 6.92 Å². The van der Waals surface area contributed by atoms with E-state index in [2.05, 4.69) is 20.9 Å². The van der Waals surface area contributed by atoms with Crippen LogP contribution < -0.4 is 10.6 Å². The van der Waals surface area contributed by atoms with Gasteiger partial charge in [-0.15, -0.1) is 5.10 Å². The number of amides is 2. The SMILES string of the molecule is CC(=O)Nc1ccc(NC(=O)c2ccc3c(c2)nnn3Cc2ccccc2)cc1. The Labute approximate surface area is 167 Å². The summed E-state index contributed by atoms with van der Waals surface area (Å²) in [6, 6.07) is 22.3. The fourth-order valence-electron chi connectivity index (χ4n) is 3.03. The maximum Gasteiger partial charge on any atom is 0.255 e. The highest BCUT2D eigenvalue weighted by Crippen LogP contribution is 2.18. The fourth-order valence-corrected chi connectivity index (χ4v) is 3.03. The quantitative estimate of drug-likeness (QED) is 0.548. The Morgan fingerprint density at radius 2 is 1.59 bits per heavy atom. The summed E-state index contributed by atoms with van der Waals surface area (Å²) >= 11 is 0. The summed E-state index contributed by atoms with van der Waals surface area (Å²) in [5.74, 6) is -0.382. The van der Waals surface area contributed by atoms with Crippen LogP contribution in [0.2, 0.25) is 0 Å². The topological polar surface area (TPSA) is 88.9 Å². The molecule has 7 nitrogen and oxygen atoms in total. The van der Waals surface area contributed by atoms with Crippen molar-refractivity contribution in [1.82, 2.24) is 15.0 Å². The number of carbonyl (C=O) groups excluding carboxylic acids is 2. The van der Waals surface area contributed by atoms with E-state index in [-0.39, 0.29) is 11.8 Å². The van der Waals surface area contributed by atoms with E-state index in [0.29, 0.717) is 29.0 Å². The van der Waals surface area contributed by atoms with Crippen LogP contribution in [0.5, 0.6) is 0 Å². The highest BCUT2D eigenvalue weighted by atomic mass is 16.2. The number of rotatable bonds is 5. The molecule has 0 atom stereocenters. The lowest BCUT2D eigenvalue weighted by molar-refractivity contribution is -0.114. The summed E-state index contributed by atoms with van der Waals surface area (Å²) in [4.78, 5) is 23.7. The molecule has 0 aliphatic heterocycles. The number of nitrogens with one attached hydrogen (secondary N) is 2. The molecule has 1 aromatic heterocycles. The number of carbonyl (C=O) groups is 2. The Morgan fingerprint density at radius 1 is 0.897 bits per heavy atom. The fraction of sp³-hybridized carbons (Fsp3) is 0.0909. The number of aromatic nitrogens is 3. The van der Waals surface area contributed by atoms with Crippen molar-refractivity contribution in [3.63, 3.8) is 0 Å². The summed E-state index contributed by atoms with van der Waals surface area (Å²) in [5, 5.41) is 13.9. The van der Waals surface area contributed by atoms with Crippen molar-refractivity contribution in [2.24, 2.45) is 0 Å². The number of anilines is 2. The van der Waals surface area contributed by atoms with Crippen LogP contribution in [0.15, 0.2) is 72.8 Å². The van der Waals surface area contributed by atoms with Gasteiger partial charge in [-0.2, -0.15) is 0 Å². The Balaban J connectivity index is 1.49. The molecule has 1 heterocycles. The van der Waals surface area contributed by atoms with E-state index < -0.39 is 0 Å². The molecule has 144 valence electrons. The van der Waals surface area contributed by atoms with Crippen LogP contribution in [0, 0.1) is 0 Å². The van der Waals surface area contributed by atoms with Crippen LogP contribution in [0.1, 0.15) is 22.8 Å². The first-order valence-electron chi connectivity index (χ1n) is 9.15. The third-order valence-corrected chi connectivity index (χ3v) is 4.41. The zero-order valence-electron chi connectivity index (χ0n) is 15.8. The molecule has 0 bridgehead atoms. The molecule has 0 saturated carbocycles. The second kappa shape index (κ2) is 7.93. The van der Waals surface area contributed by atoms with Crippen molar-refractivity contribution in [3.05, 3.63) is 83.9 Å². The largest absolute Gasteiger partial charge is 0.326 e. The minimum absolute atomic E-state index is 0.143. The monoisotopic (exact) mass is 385 g/mol. The van der Waals surface area contributed by atoms with Crippen LogP contribution >= 0.6 is 0 Å². The average Bonchev–Trinajstić information content (AvgIpc) is 3.12. The smallest absolute Gasteiger partial charge is 0.255 e. The Kier molecular flexibility index (Phi) is 5.03. The van der Waals surface area contributed by atoms with E-state index in [9.17, 15) is 9.59 Å². The average molecular weight is 385 g/mol. The molecule has 29 heavy (non-hydrogen) atoms. The van der Waals surface area contributed by atoms with Gasteiger partial charge in [-0.05, 0) is 48.0 Å². The minimum Gasteiger partial charge on any atom is -0.326 e. The van der Waals surface area contributed by atoms with E-state index >= 15 is 0 Å². The molecule has 4 rings (SSSR count). The van der Waals surface area contributed by atoms with Gasteiger partial charge in [0.1, 0.15) is 5.52 Å². The molecular weight excluding hydrogens is 366 g/mol. The molecule has 4 aromatic rings. The highest BCUT2D eigenvalue weighted by Gasteiger charge is 2.11. The lowest BCUT2D eigenvalue weighted by atomic mass is 10.1. The number of benzene rings is 3. The molecule has 7 heteroatoms. The Bertz CT molecular complexity index is 1170. The molecule has 2 amide bonds. The predicted octanol–water partition coefficient (Wildman–Crippen LogP) is 3.69. The third kappa shape index (κ3) is 4.30. The van der Waals surface area contributed by atoms with Crippen LogP contribution in [0.3, 0.4) is 0 Å². The van der Waals surface area contributed by atoms with Gasteiger partial charge in [-0.1, -0.05) is 35.5 Å². The molecule has 0 aliphatic rings. The minimum atomic E-state index is -0.239. The van der Waals surface area contributed by atoms with Crippen molar-refractivity contribution >= 4 is 34.2 Å². The maximum atomic E-state index is 12.6. The zero-order chi connectivity index (χ0) is 20.2. The maximum absolute atomic E-state index is 12.6. The van der Waals surface area contributed by atoms with Crippen LogP contribution in [-0.2, 0) is 11.3 Å². The summed E-state index contributed by atoms with van der Waals surface area (Å²) in [6.07, 6.45) is 0. The second-order valence-electron chi connectivity index (χ2n) is 6.65. The summed E-state index contributed by atoms with van der Waals surface area (Å²) in [6.45, 7) is 2.06. The third-order valence-electron chi connectivity index (χ3n) is 4.41. The second-order valence-corrected chi connectivity index (χ2v) is 6.65. The zero-order valence-corrected chi connectivity index (χ0v) is 15.8. The van der Waals surface area contributed by atoms with E-state index in [1.807, 2.05) is 41.1 Å². The molecule has 0 spiro atoms. The molecule has 3 aromatic carbocycles. The summed E-state index contributed by atoms with van der Waals surface area (Å²) in [7, 11) is 0. The standard InChI is InChI=1S/C22H19N5O2/c1-15(28)23-18-8-10-19(11-9-18)24-22(29)17-7-12-21-20(13-17)25-26-27(21)14-16-5-3-2-4-6-16/h2-13H,14H2,1H3,(H,23,28)(H,24,29). The summed E-state index contributed by atoms with van der Waals surface area (Å²) in [5.41, 5.74) is 4.46. The van der Waals surface area contributed by atoms with E-state index in [1.54, 1.807) is 36.4 Å². The van der Waals surface area contributed by atoms with Crippen molar-refractivity contribution in [3.8, 4) is 0 Å². The molecule has 0 fully saturated rings. The first kappa shape index (κ1) is 18.4. The highest BCUT2D eigenvalue weighted by molar-refractivity contribution is 6.06.